The van der Waals surface area contributed by atoms with Crippen molar-refractivity contribution in [1.29, 1.82) is 0 Å². The van der Waals surface area contributed by atoms with E-state index >= 15 is 0 Å². The van der Waals surface area contributed by atoms with Gasteiger partial charge in [0.25, 0.3) is 0 Å². The third kappa shape index (κ3) is 7.70. The van der Waals surface area contributed by atoms with E-state index in [9.17, 15) is 4.79 Å². The highest BCUT2D eigenvalue weighted by molar-refractivity contribution is 5.99. The van der Waals surface area contributed by atoms with Crippen molar-refractivity contribution < 1.29 is 9.53 Å². The Labute approximate surface area is 173 Å². The zero-order valence-electron chi connectivity index (χ0n) is 18.6. The molecule has 0 radical (unpaired) electrons. The summed E-state index contributed by atoms with van der Waals surface area (Å²) in [4.78, 5) is 12.6. The molecule has 1 aliphatic carbocycles. The monoisotopic (exact) mass is 386 g/mol. The number of carbonyl (C=O) groups excluding carboxylic acids is 1. The molecule has 1 aromatic rings. The fourth-order valence-electron chi connectivity index (χ4n) is 4.49. The van der Waals surface area contributed by atoms with Crippen LogP contribution in [0, 0.1) is 5.92 Å². The second kappa shape index (κ2) is 13.1. The highest BCUT2D eigenvalue weighted by atomic mass is 16.5. The maximum Gasteiger partial charge on any atom is 0.191 e. The molecule has 1 saturated carbocycles. The first-order chi connectivity index (χ1) is 13.7. The van der Waals surface area contributed by atoms with Gasteiger partial charge in [-0.1, -0.05) is 83.1 Å². The van der Waals surface area contributed by atoms with Crippen molar-refractivity contribution in [3.05, 3.63) is 35.4 Å². The van der Waals surface area contributed by atoms with Crippen LogP contribution in [0.25, 0.3) is 0 Å². The van der Waals surface area contributed by atoms with Crippen molar-refractivity contribution in [2.24, 2.45) is 5.92 Å². The van der Waals surface area contributed by atoms with Gasteiger partial charge in [0.1, 0.15) is 6.10 Å². The number of Topliss-reactive ketones (excluding diaryl/α,β-unsaturated/α-hetero) is 1. The van der Waals surface area contributed by atoms with Gasteiger partial charge in [-0.05, 0) is 56.4 Å². The summed E-state index contributed by atoms with van der Waals surface area (Å²) >= 11 is 0. The van der Waals surface area contributed by atoms with E-state index in [0.29, 0.717) is 12.5 Å². The molecule has 28 heavy (non-hydrogen) atoms. The molecule has 0 N–H and O–H groups in total. The van der Waals surface area contributed by atoms with E-state index in [-0.39, 0.29) is 11.9 Å². The van der Waals surface area contributed by atoms with Gasteiger partial charge in [0.2, 0.25) is 0 Å². The van der Waals surface area contributed by atoms with E-state index in [1.165, 1.54) is 76.2 Å². The van der Waals surface area contributed by atoms with Crippen LogP contribution in [0.2, 0.25) is 0 Å². The normalized spacial score (nSPS) is 20.8. The van der Waals surface area contributed by atoms with E-state index in [1.54, 1.807) is 0 Å². The molecule has 1 aliphatic rings. The number of rotatable bonds is 13. The Morgan fingerprint density at radius 3 is 2.21 bits per heavy atom. The largest absolute Gasteiger partial charge is 0.370 e. The Kier molecular flexibility index (Phi) is 10.9. The van der Waals surface area contributed by atoms with Crippen LogP contribution < -0.4 is 0 Å². The molecule has 2 nitrogen and oxygen atoms in total. The smallest absolute Gasteiger partial charge is 0.191 e. The predicted octanol–water partition coefficient (Wildman–Crippen LogP) is 7.71. The number of unbranched alkanes of at least 4 members (excludes halogenated alkanes) is 5. The van der Waals surface area contributed by atoms with Crippen molar-refractivity contribution in [1.82, 2.24) is 0 Å². The van der Waals surface area contributed by atoms with E-state index in [4.69, 9.17) is 4.74 Å². The lowest BCUT2D eigenvalue weighted by molar-refractivity contribution is 0.0464. The van der Waals surface area contributed by atoms with Crippen molar-refractivity contribution in [2.45, 2.75) is 110 Å². The molecule has 0 saturated heterocycles. The van der Waals surface area contributed by atoms with Crippen LogP contribution in [-0.4, -0.2) is 18.5 Å². The number of hydrogen-bond acceptors (Lipinski definition) is 2. The van der Waals surface area contributed by atoms with Crippen molar-refractivity contribution >= 4 is 5.78 Å². The van der Waals surface area contributed by atoms with Gasteiger partial charge in [-0.3, -0.25) is 4.79 Å². The minimum Gasteiger partial charge on any atom is -0.370 e. The quantitative estimate of drug-likeness (QED) is 0.256. The predicted molar refractivity (Wildman–Crippen MR) is 119 cm³/mol. The van der Waals surface area contributed by atoms with Crippen LogP contribution in [0.5, 0.6) is 0 Å². The number of carbonyl (C=O) groups is 1. The average molecular weight is 387 g/mol. The van der Waals surface area contributed by atoms with Gasteiger partial charge < -0.3 is 4.74 Å². The van der Waals surface area contributed by atoms with E-state index in [2.05, 4.69) is 26.0 Å². The molecule has 0 bridgehead atoms. The van der Waals surface area contributed by atoms with Gasteiger partial charge in [0, 0.05) is 12.2 Å². The lowest BCUT2D eigenvalue weighted by atomic mass is 9.77. The summed E-state index contributed by atoms with van der Waals surface area (Å²) in [7, 11) is 0. The fourth-order valence-corrected chi connectivity index (χ4v) is 4.49. The Morgan fingerprint density at radius 2 is 1.57 bits per heavy atom. The summed E-state index contributed by atoms with van der Waals surface area (Å²) in [5.74, 6) is 1.74. The van der Waals surface area contributed by atoms with Crippen LogP contribution in [-0.2, 0) is 4.74 Å². The van der Waals surface area contributed by atoms with Gasteiger partial charge >= 0.3 is 0 Å². The third-order valence-electron chi connectivity index (χ3n) is 6.46. The van der Waals surface area contributed by atoms with Crippen LogP contribution in [0.4, 0.5) is 0 Å². The topological polar surface area (TPSA) is 26.3 Å². The first kappa shape index (κ1) is 23.1. The van der Waals surface area contributed by atoms with Gasteiger partial charge in [0.05, 0.1) is 0 Å². The molecule has 0 heterocycles. The third-order valence-corrected chi connectivity index (χ3v) is 6.46. The number of benzene rings is 1. The van der Waals surface area contributed by atoms with Gasteiger partial charge in [0.15, 0.2) is 5.78 Å². The average Bonchev–Trinajstić information content (AvgIpc) is 2.74. The van der Waals surface area contributed by atoms with Gasteiger partial charge in [-0.25, -0.2) is 0 Å². The first-order valence-corrected chi connectivity index (χ1v) is 11.9. The summed E-state index contributed by atoms with van der Waals surface area (Å²) in [5, 5.41) is 0. The maximum atomic E-state index is 12.6. The molecule has 2 rings (SSSR count). The van der Waals surface area contributed by atoms with Gasteiger partial charge in [-0.15, -0.1) is 0 Å². The Hall–Kier alpha value is -1.15. The lowest BCUT2D eigenvalue weighted by Gasteiger charge is -2.29. The highest BCUT2D eigenvalue weighted by Gasteiger charge is 2.22. The second-order valence-corrected chi connectivity index (χ2v) is 8.77. The second-order valence-electron chi connectivity index (χ2n) is 8.77. The fraction of sp³-hybridized carbons (Fsp3) is 0.731. The molecule has 158 valence electrons. The minimum absolute atomic E-state index is 0.113. The SMILES string of the molecule is CCCCCCOC(C)C(=O)c1ccc(C2CCC(CCCCC)CC2)cc1. The van der Waals surface area contributed by atoms with E-state index in [1.807, 2.05) is 19.1 Å². The zero-order valence-corrected chi connectivity index (χ0v) is 18.6. The summed E-state index contributed by atoms with van der Waals surface area (Å²) in [6.45, 7) is 7.06. The Bertz CT molecular complexity index is 540. The summed E-state index contributed by atoms with van der Waals surface area (Å²) < 4.78 is 5.75. The van der Waals surface area contributed by atoms with E-state index in [0.717, 1.165) is 17.9 Å². The molecule has 1 unspecified atom stereocenters. The molecule has 0 amide bonds. The van der Waals surface area contributed by atoms with Crippen molar-refractivity contribution in [2.75, 3.05) is 6.61 Å². The van der Waals surface area contributed by atoms with Crippen LogP contribution >= 0.6 is 0 Å². The van der Waals surface area contributed by atoms with Gasteiger partial charge in [-0.2, -0.15) is 0 Å². The summed E-state index contributed by atoms with van der Waals surface area (Å²) in [5.41, 5.74) is 2.20. The molecule has 0 aliphatic heterocycles. The standard InChI is InChI=1S/C26H42O2/c1-4-6-8-10-20-28-21(3)26(27)25-18-16-24(17-19-25)23-14-12-22(13-15-23)11-9-7-5-2/h16-19,21-23H,4-15,20H2,1-3H3. The molecule has 1 aromatic carbocycles. The number of ketones is 1. The van der Waals surface area contributed by atoms with Crippen molar-refractivity contribution in [3.63, 3.8) is 0 Å². The zero-order chi connectivity index (χ0) is 20.2. The maximum absolute atomic E-state index is 12.6. The van der Waals surface area contributed by atoms with E-state index < -0.39 is 0 Å². The number of hydrogen-bond donors (Lipinski definition) is 0. The highest BCUT2D eigenvalue weighted by Crippen LogP contribution is 2.37. The molecular weight excluding hydrogens is 344 g/mol. The summed E-state index contributed by atoms with van der Waals surface area (Å²) in [6.07, 6.45) is 15.3. The van der Waals surface area contributed by atoms with Crippen molar-refractivity contribution in [3.8, 4) is 0 Å². The Morgan fingerprint density at radius 1 is 0.929 bits per heavy atom. The molecule has 2 heteroatoms. The van der Waals surface area contributed by atoms with Crippen LogP contribution in [0.3, 0.4) is 0 Å². The summed E-state index contributed by atoms with van der Waals surface area (Å²) in [6, 6.07) is 8.40. The van der Waals surface area contributed by atoms with Crippen LogP contribution in [0.15, 0.2) is 24.3 Å². The lowest BCUT2D eigenvalue weighted by Crippen LogP contribution is -2.21. The molecule has 1 fully saturated rings. The number of ether oxygens (including phenoxy) is 1. The molecule has 0 aromatic heterocycles. The van der Waals surface area contributed by atoms with Crippen LogP contribution in [0.1, 0.15) is 120 Å². The minimum atomic E-state index is -0.342. The molecule has 1 atom stereocenters. The first-order valence-electron chi connectivity index (χ1n) is 11.9. The molecule has 0 spiro atoms. The Balaban J connectivity index is 1.76. The molecular formula is C26H42O2.